The maximum Gasteiger partial charge on any atom is 0.317 e. The van der Waals surface area contributed by atoms with Gasteiger partial charge in [0.2, 0.25) is 0 Å². The number of hydrogen-bond acceptors (Lipinski definition) is 4. The van der Waals surface area contributed by atoms with Crippen LogP contribution in [0.5, 0.6) is 0 Å². The summed E-state index contributed by atoms with van der Waals surface area (Å²) in [5.74, 6) is -0.807. The van der Waals surface area contributed by atoms with E-state index in [4.69, 9.17) is 5.11 Å². The number of nitrogens with one attached hydrogen (secondary N) is 2. The molecule has 8 heteroatoms. The lowest BCUT2D eigenvalue weighted by atomic mass is 9.85. The van der Waals surface area contributed by atoms with Crippen molar-refractivity contribution < 1.29 is 14.7 Å². The number of nitrogens with zero attached hydrogens (tertiary/aromatic N) is 3. The Labute approximate surface area is 148 Å². The van der Waals surface area contributed by atoms with Gasteiger partial charge in [-0.2, -0.15) is 5.10 Å². The van der Waals surface area contributed by atoms with E-state index >= 15 is 0 Å². The van der Waals surface area contributed by atoms with Gasteiger partial charge in [0.15, 0.2) is 0 Å². The molecular weight excluding hydrogens is 322 g/mol. The molecule has 25 heavy (non-hydrogen) atoms. The second kappa shape index (κ2) is 8.84. The first kappa shape index (κ1) is 19.2. The molecule has 1 aromatic heterocycles. The zero-order chi connectivity index (χ0) is 18.4. The molecule has 1 aromatic rings. The molecule has 3 N–H and O–H groups in total. The molecule has 0 aliphatic heterocycles. The van der Waals surface area contributed by atoms with Crippen LogP contribution in [0.1, 0.15) is 37.6 Å². The molecule has 2 rings (SSSR count). The van der Waals surface area contributed by atoms with E-state index in [1.165, 1.54) is 0 Å². The van der Waals surface area contributed by atoms with Crippen molar-refractivity contribution in [2.24, 2.45) is 0 Å². The Morgan fingerprint density at radius 3 is 2.68 bits per heavy atom. The third-order valence-corrected chi connectivity index (χ3v) is 4.64. The minimum Gasteiger partial charge on any atom is -0.480 e. The van der Waals surface area contributed by atoms with Gasteiger partial charge in [-0.05, 0) is 45.7 Å². The second-order valence-electron chi connectivity index (χ2n) is 6.68. The molecule has 0 saturated heterocycles. The van der Waals surface area contributed by atoms with Crippen molar-refractivity contribution in [3.05, 3.63) is 17.5 Å². The third-order valence-electron chi connectivity index (χ3n) is 4.64. The number of hydrogen-bond donors (Lipinski definition) is 3. The fourth-order valence-electron chi connectivity index (χ4n) is 3.25. The van der Waals surface area contributed by atoms with E-state index < -0.39 is 5.97 Å². The first-order valence-corrected chi connectivity index (χ1v) is 8.90. The number of aromatic nitrogens is 2. The highest BCUT2D eigenvalue weighted by Gasteiger charge is 2.34. The molecule has 0 bridgehead atoms. The maximum absolute atomic E-state index is 11.9. The summed E-state index contributed by atoms with van der Waals surface area (Å²) < 4.78 is 1.95. The summed E-state index contributed by atoms with van der Waals surface area (Å²) in [5.41, 5.74) is 2.14. The van der Waals surface area contributed by atoms with E-state index in [-0.39, 0.29) is 24.7 Å². The SMILES string of the molecule is CCN(CC(=O)O)C1CC(NC(=O)NCCCn2nc(C)cc2C)C1. The fraction of sp³-hybridized carbons (Fsp3) is 0.706. The van der Waals surface area contributed by atoms with Crippen molar-refractivity contribution >= 4 is 12.0 Å². The molecule has 1 aliphatic rings. The highest BCUT2D eigenvalue weighted by atomic mass is 16.4. The molecule has 0 unspecified atom stereocenters. The van der Waals surface area contributed by atoms with Crippen LogP contribution in [0, 0.1) is 13.8 Å². The van der Waals surface area contributed by atoms with E-state index in [1.807, 2.05) is 36.4 Å². The van der Waals surface area contributed by atoms with Gasteiger partial charge in [0, 0.05) is 30.9 Å². The monoisotopic (exact) mass is 351 g/mol. The molecule has 0 atom stereocenters. The Kier molecular flexibility index (Phi) is 6.81. The van der Waals surface area contributed by atoms with Crippen molar-refractivity contribution in [3.63, 3.8) is 0 Å². The number of carboxylic acids is 1. The number of urea groups is 1. The summed E-state index contributed by atoms with van der Waals surface area (Å²) in [7, 11) is 0. The molecule has 140 valence electrons. The number of amides is 2. The highest BCUT2D eigenvalue weighted by molar-refractivity contribution is 5.74. The van der Waals surface area contributed by atoms with Crippen LogP contribution >= 0.6 is 0 Å². The number of rotatable bonds is 9. The first-order chi connectivity index (χ1) is 11.9. The van der Waals surface area contributed by atoms with Gasteiger partial charge in [-0.25, -0.2) is 4.79 Å². The molecule has 1 heterocycles. The van der Waals surface area contributed by atoms with Crippen LogP contribution in [0.25, 0.3) is 0 Å². The maximum atomic E-state index is 11.9. The first-order valence-electron chi connectivity index (χ1n) is 8.90. The lowest BCUT2D eigenvalue weighted by Crippen LogP contribution is -2.56. The van der Waals surface area contributed by atoms with Crippen molar-refractivity contribution in [3.8, 4) is 0 Å². The van der Waals surface area contributed by atoms with Crippen LogP contribution in [-0.4, -0.2) is 63.5 Å². The minimum absolute atomic E-state index is 0.0619. The van der Waals surface area contributed by atoms with Crippen molar-refractivity contribution in [2.45, 2.75) is 58.7 Å². The van der Waals surface area contributed by atoms with Gasteiger partial charge >= 0.3 is 12.0 Å². The summed E-state index contributed by atoms with van der Waals surface area (Å²) in [6.45, 7) is 8.11. The third kappa shape index (κ3) is 5.74. The number of carboxylic acid groups (broad SMARTS) is 1. The van der Waals surface area contributed by atoms with Gasteiger partial charge < -0.3 is 15.7 Å². The van der Waals surface area contributed by atoms with Gasteiger partial charge in [0.25, 0.3) is 0 Å². The Morgan fingerprint density at radius 1 is 1.40 bits per heavy atom. The van der Waals surface area contributed by atoms with Crippen LogP contribution in [0.3, 0.4) is 0 Å². The number of likely N-dealkylation sites (N-methyl/N-ethyl adjacent to an activating group) is 1. The van der Waals surface area contributed by atoms with Gasteiger partial charge in [0.05, 0.1) is 12.2 Å². The number of aryl methyl sites for hydroxylation is 3. The summed E-state index contributed by atoms with van der Waals surface area (Å²) in [6.07, 6.45) is 2.44. The van der Waals surface area contributed by atoms with Crippen LogP contribution in [0.15, 0.2) is 6.07 Å². The molecule has 1 saturated carbocycles. The largest absolute Gasteiger partial charge is 0.480 e. The number of carbonyl (C=O) groups is 2. The number of aliphatic carboxylic acids is 1. The molecular formula is C17H29N5O3. The second-order valence-corrected chi connectivity index (χ2v) is 6.68. The summed E-state index contributed by atoms with van der Waals surface area (Å²) >= 11 is 0. The predicted molar refractivity (Wildman–Crippen MR) is 94.5 cm³/mol. The molecule has 8 nitrogen and oxygen atoms in total. The molecule has 0 aromatic carbocycles. The number of carbonyl (C=O) groups excluding carboxylic acids is 1. The average molecular weight is 351 g/mol. The van der Waals surface area contributed by atoms with Crippen LogP contribution in [0.4, 0.5) is 4.79 Å². The van der Waals surface area contributed by atoms with Crippen LogP contribution in [-0.2, 0) is 11.3 Å². The lowest BCUT2D eigenvalue weighted by molar-refractivity contribution is -0.139. The Morgan fingerprint density at radius 2 is 2.12 bits per heavy atom. The Balaban J connectivity index is 1.59. The smallest absolute Gasteiger partial charge is 0.317 e. The predicted octanol–water partition coefficient (Wildman–Crippen LogP) is 1.13. The van der Waals surface area contributed by atoms with Crippen molar-refractivity contribution in [2.75, 3.05) is 19.6 Å². The quantitative estimate of drug-likeness (QED) is 0.579. The zero-order valence-corrected chi connectivity index (χ0v) is 15.3. The fourth-order valence-corrected chi connectivity index (χ4v) is 3.25. The van der Waals surface area contributed by atoms with Crippen molar-refractivity contribution in [1.82, 2.24) is 25.3 Å². The van der Waals surface area contributed by atoms with E-state index in [0.717, 1.165) is 37.2 Å². The molecule has 0 spiro atoms. The molecule has 1 fully saturated rings. The van der Waals surface area contributed by atoms with Gasteiger partial charge in [-0.15, -0.1) is 0 Å². The van der Waals surface area contributed by atoms with E-state index in [2.05, 4.69) is 15.7 Å². The zero-order valence-electron chi connectivity index (χ0n) is 15.3. The normalized spacial score (nSPS) is 19.5. The van der Waals surface area contributed by atoms with E-state index in [0.29, 0.717) is 13.1 Å². The highest BCUT2D eigenvalue weighted by Crippen LogP contribution is 2.25. The van der Waals surface area contributed by atoms with Gasteiger partial charge in [-0.1, -0.05) is 6.92 Å². The lowest BCUT2D eigenvalue weighted by Gasteiger charge is -2.42. The Hall–Kier alpha value is -2.09. The summed E-state index contributed by atoms with van der Waals surface area (Å²) in [4.78, 5) is 24.7. The van der Waals surface area contributed by atoms with Crippen molar-refractivity contribution in [1.29, 1.82) is 0 Å². The summed E-state index contributed by atoms with van der Waals surface area (Å²) in [5, 5.41) is 19.1. The average Bonchev–Trinajstić information content (AvgIpc) is 2.82. The summed E-state index contributed by atoms with van der Waals surface area (Å²) in [6, 6.07) is 2.26. The minimum atomic E-state index is -0.807. The molecule has 2 amide bonds. The van der Waals surface area contributed by atoms with Crippen LogP contribution < -0.4 is 10.6 Å². The van der Waals surface area contributed by atoms with E-state index in [1.54, 1.807) is 0 Å². The molecule has 0 radical (unpaired) electrons. The molecule has 1 aliphatic carbocycles. The van der Waals surface area contributed by atoms with Crippen LogP contribution in [0.2, 0.25) is 0 Å². The van der Waals surface area contributed by atoms with Gasteiger partial charge in [0.1, 0.15) is 0 Å². The van der Waals surface area contributed by atoms with E-state index in [9.17, 15) is 9.59 Å². The Bertz CT molecular complexity index is 595. The van der Waals surface area contributed by atoms with Gasteiger partial charge in [-0.3, -0.25) is 14.4 Å². The topological polar surface area (TPSA) is 99.5 Å². The standard InChI is InChI=1S/C17H29N5O3/c1-4-21(11-16(23)24)15-9-14(10-15)19-17(25)18-6-5-7-22-13(3)8-12(2)20-22/h8,14-15H,4-7,9-11H2,1-3H3,(H,23,24)(H2,18,19,25).